The van der Waals surface area contributed by atoms with Crippen LogP contribution in [0.1, 0.15) is 58.3 Å². The zero-order valence-electron chi connectivity index (χ0n) is 8.76. The lowest BCUT2D eigenvalue weighted by molar-refractivity contribution is 0.0595. The van der Waals surface area contributed by atoms with Crippen molar-refractivity contribution in [2.45, 2.75) is 64.4 Å². The Morgan fingerprint density at radius 2 is 1.62 bits per heavy atom. The molecule has 0 aromatic carbocycles. The van der Waals surface area contributed by atoms with E-state index in [-0.39, 0.29) is 6.10 Å². The molecule has 2 rings (SSSR count). The molecule has 1 heteroatoms. The number of rotatable bonds is 1. The Morgan fingerprint density at radius 1 is 1.08 bits per heavy atom. The first kappa shape index (κ1) is 9.51. The molecule has 2 fully saturated rings. The molecule has 0 amide bonds. The number of hydrogen-bond acceptors (Lipinski definition) is 1. The van der Waals surface area contributed by atoms with Crippen LogP contribution in [-0.2, 0) is 0 Å². The summed E-state index contributed by atoms with van der Waals surface area (Å²) in [4.78, 5) is 0. The second-order valence-electron chi connectivity index (χ2n) is 5.29. The summed E-state index contributed by atoms with van der Waals surface area (Å²) in [5.41, 5.74) is 0.728. The van der Waals surface area contributed by atoms with E-state index in [2.05, 4.69) is 0 Å². The summed E-state index contributed by atoms with van der Waals surface area (Å²) in [6, 6.07) is 0. The van der Waals surface area contributed by atoms with Crippen molar-refractivity contribution in [2.75, 3.05) is 0 Å². The Kier molecular flexibility index (Phi) is 2.64. The number of hydrogen-bond donors (Lipinski definition) is 1. The number of aliphatic hydroxyl groups excluding tert-OH is 1. The van der Waals surface area contributed by atoms with Gasteiger partial charge in [-0.15, -0.1) is 0 Å². The molecule has 1 spiro atoms. The van der Waals surface area contributed by atoms with Gasteiger partial charge in [0.25, 0.3) is 0 Å². The fourth-order valence-corrected chi connectivity index (χ4v) is 3.36. The predicted octanol–water partition coefficient (Wildman–Crippen LogP) is 3.12. The van der Waals surface area contributed by atoms with Crippen molar-refractivity contribution in [1.82, 2.24) is 0 Å². The van der Waals surface area contributed by atoms with Gasteiger partial charge in [0.2, 0.25) is 0 Å². The molecular formula is C12H22O. The Hall–Kier alpha value is -0.0400. The van der Waals surface area contributed by atoms with E-state index in [0.717, 1.165) is 5.41 Å². The second kappa shape index (κ2) is 3.61. The standard InChI is InChI=1S/C12H22O/c1-10(13)11-4-8-12(9-5-11)6-2-3-7-12/h10-11,13H,2-9H2,1H3. The molecule has 1 atom stereocenters. The molecule has 13 heavy (non-hydrogen) atoms. The zero-order chi connectivity index (χ0) is 9.31. The molecule has 0 aromatic rings. The monoisotopic (exact) mass is 182 g/mol. The van der Waals surface area contributed by atoms with Gasteiger partial charge in [-0.25, -0.2) is 0 Å². The molecule has 0 heterocycles. The Balaban J connectivity index is 1.88. The molecule has 2 aliphatic rings. The summed E-state index contributed by atoms with van der Waals surface area (Å²) in [7, 11) is 0. The fourth-order valence-electron chi connectivity index (χ4n) is 3.36. The minimum absolute atomic E-state index is 0.0706. The summed E-state index contributed by atoms with van der Waals surface area (Å²) in [6.07, 6.45) is 11.1. The van der Waals surface area contributed by atoms with Crippen LogP contribution in [0.5, 0.6) is 0 Å². The molecule has 0 aliphatic heterocycles. The smallest absolute Gasteiger partial charge is 0.0540 e. The van der Waals surface area contributed by atoms with E-state index in [1.54, 1.807) is 0 Å². The first-order chi connectivity index (χ1) is 6.22. The first-order valence-electron chi connectivity index (χ1n) is 5.90. The van der Waals surface area contributed by atoms with E-state index in [4.69, 9.17) is 0 Å². The van der Waals surface area contributed by atoms with Crippen molar-refractivity contribution in [1.29, 1.82) is 0 Å². The van der Waals surface area contributed by atoms with Gasteiger partial charge in [-0.1, -0.05) is 12.8 Å². The normalized spacial score (nSPS) is 30.9. The minimum Gasteiger partial charge on any atom is -0.393 e. The van der Waals surface area contributed by atoms with Crippen molar-refractivity contribution in [3.63, 3.8) is 0 Å². The van der Waals surface area contributed by atoms with Gasteiger partial charge in [0.05, 0.1) is 6.10 Å². The van der Waals surface area contributed by atoms with Gasteiger partial charge >= 0.3 is 0 Å². The third-order valence-electron chi connectivity index (χ3n) is 4.44. The lowest BCUT2D eigenvalue weighted by Gasteiger charge is -2.38. The third-order valence-corrected chi connectivity index (χ3v) is 4.44. The van der Waals surface area contributed by atoms with Gasteiger partial charge in [-0.05, 0) is 56.8 Å². The molecule has 1 N–H and O–H groups in total. The van der Waals surface area contributed by atoms with Crippen LogP contribution >= 0.6 is 0 Å². The Labute approximate surface area is 81.5 Å². The summed E-state index contributed by atoms with van der Waals surface area (Å²) in [6.45, 7) is 1.96. The minimum atomic E-state index is -0.0706. The highest BCUT2D eigenvalue weighted by Crippen LogP contribution is 2.50. The first-order valence-corrected chi connectivity index (χ1v) is 5.90. The molecule has 1 nitrogen and oxygen atoms in total. The van der Waals surface area contributed by atoms with Crippen LogP contribution < -0.4 is 0 Å². The van der Waals surface area contributed by atoms with E-state index >= 15 is 0 Å². The van der Waals surface area contributed by atoms with Crippen molar-refractivity contribution < 1.29 is 5.11 Å². The summed E-state index contributed by atoms with van der Waals surface area (Å²) >= 11 is 0. The van der Waals surface area contributed by atoms with Gasteiger partial charge in [0.15, 0.2) is 0 Å². The Bertz CT molecular complexity index is 158. The van der Waals surface area contributed by atoms with E-state index in [1.807, 2.05) is 6.92 Å². The SMILES string of the molecule is CC(O)C1CCC2(CCCC2)CC1. The molecular weight excluding hydrogens is 160 g/mol. The highest BCUT2D eigenvalue weighted by Gasteiger charge is 2.38. The van der Waals surface area contributed by atoms with Gasteiger partial charge in [0, 0.05) is 0 Å². The van der Waals surface area contributed by atoms with Crippen molar-refractivity contribution >= 4 is 0 Å². The second-order valence-corrected chi connectivity index (χ2v) is 5.29. The Morgan fingerprint density at radius 3 is 2.08 bits per heavy atom. The van der Waals surface area contributed by atoms with Gasteiger partial charge in [-0.3, -0.25) is 0 Å². The van der Waals surface area contributed by atoms with E-state index < -0.39 is 0 Å². The summed E-state index contributed by atoms with van der Waals surface area (Å²) in [5.74, 6) is 0.603. The molecule has 0 radical (unpaired) electrons. The maximum atomic E-state index is 9.51. The molecule has 0 bridgehead atoms. The van der Waals surface area contributed by atoms with E-state index in [0.29, 0.717) is 5.92 Å². The zero-order valence-corrected chi connectivity index (χ0v) is 8.76. The van der Waals surface area contributed by atoms with Crippen LogP contribution in [0.4, 0.5) is 0 Å². The maximum Gasteiger partial charge on any atom is 0.0540 e. The van der Waals surface area contributed by atoms with E-state index in [9.17, 15) is 5.11 Å². The van der Waals surface area contributed by atoms with Crippen molar-refractivity contribution in [3.8, 4) is 0 Å². The third kappa shape index (κ3) is 1.90. The van der Waals surface area contributed by atoms with Crippen LogP contribution in [0.2, 0.25) is 0 Å². The lowest BCUT2D eigenvalue weighted by atomic mass is 9.68. The van der Waals surface area contributed by atoms with Crippen LogP contribution in [0.15, 0.2) is 0 Å². The average Bonchev–Trinajstić information content (AvgIpc) is 2.54. The quantitative estimate of drug-likeness (QED) is 0.660. The van der Waals surface area contributed by atoms with Crippen molar-refractivity contribution in [3.05, 3.63) is 0 Å². The van der Waals surface area contributed by atoms with Crippen molar-refractivity contribution in [2.24, 2.45) is 11.3 Å². The van der Waals surface area contributed by atoms with Gasteiger partial charge in [-0.2, -0.15) is 0 Å². The molecule has 1 unspecified atom stereocenters. The topological polar surface area (TPSA) is 20.2 Å². The fraction of sp³-hybridized carbons (Fsp3) is 1.00. The lowest BCUT2D eigenvalue weighted by Crippen LogP contribution is -2.29. The molecule has 76 valence electrons. The number of aliphatic hydroxyl groups is 1. The summed E-state index contributed by atoms with van der Waals surface area (Å²) in [5, 5.41) is 9.51. The van der Waals surface area contributed by atoms with Crippen LogP contribution in [-0.4, -0.2) is 11.2 Å². The molecule has 2 saturated carbocycles. The highest BCUT2D eigenvalue weighted by molar-refractivity contribution is 4.90. The largest absolute Gasteiger partial charge is 0.393 e. The van der Waals surface area contributed by atoms with Gasteiger partial charge in [0.1, 0.15) is 0 Å². The predicted molar refractivity (Wildman–Crippen MR) is 54.5 cm³/mol. The maximum absolute atomic E-state index is 9.51. The molecule has 0 saturated heterocycles. The molecule has 0 aromatic heterocycles. The molecule has 2 aliphatic carbocycles. The van der Waals surface area contributed by atoms with Crippen LogP contribution in [0.25, 0.3) is 0 Å². The van der Waals surface area contributed by atoms with E-state index in [1.165, 1.54) is 51.4 Å². The van der Waals surface area contributed by atoms with Crippen LogP contribution in [0.3, 0.4) is 0 Å². The van der Waals surface area contributed by atoms with Crippen LogP contribution in [0, 0.1) is 11.3 Å². The summed E-state index contributed by atoms with van der Waals surface area (Å²) < 4.78 is 0. The highest BCUT2D eigenvalue weighted by atomic mass is 16.3. The average molecular weight is 182 g/mol. The van der Waals surface area contributed by atoms with Gasteiger partial charge < -0.3 is 5.11 Å².